The van der Waals surface area contributed by atoms with Crippen LogP contribution in [0.15, 0.2) is 35.7 Å². The Morgan fingerprint density at radius 1 is 1.42 bits per heavy atom. The molecule has 1 saturated heterocycles. The van der Waals surface area contributed by atoms with Crippen molar-refractivity contribution in [2.24, 2.45) is 7.05 Å². The average molecular weight is 389 g/mol. The fraction of sp³-hybridized carbons (Fsp3) is 0.412. The zero-order chi connectivity index (χ0) is 17.9. The van der Waals surface area contributed by atoms with Crippen LogP contribution in [0, 0.1) is 0 Å². The summed E-state index contributed by atoms with van der Waals surface area (Å²) >= 11 is 3.12. The fourth-order valence-electron chi connectivity index (χ4n) is 3.07. The van der Waals surface area contributed by atoms with Gasteiger partial charge in [-0.1, -0.05) is 35.2 Å². The molecular weight excluding hydrogens is 368 g/mol. The van der Waals surface area contributed by atoms with Crippen molar-refractivity contribution in [1.82, 2.24) is 25.1 Å². The highest BCUT2D eigenvalue weighted by molar-refractivity contribution is 7.99. The van der Waals surface area contributed by atoms with Crippen LogP contribution in [-0.4, -0.2) is 50.5 Å². The standard InChI is InChI=1S/C17H20N6OS2/c1-22-11-18-21-17(22)25-10-15(24)19-12-5-4-8-23(9-12)16-20-13-6-2-3-7-14(13)26-16/h2-3,6-7,11-12H,4-5,8-10H2,1H3,(H,19,24)/t12-/m0/s1. The number of carbonyl (C=O) groups is 1. The van der Waals surface area contributed by atoms with E-state index in [2.05, 4.69) is 26.5 Å². The minimum atomic E-state index is 0.0362. The number of fused-ring (bicyclic) bond motifs is 1. The van der Waals surface area contributed by atoms with E-state index in [9.17, 15) is 4.79 Å². The summed E-state index contributed by atoms with van der Waals surface area (Å²) in [4.78, 5) is 19.3. The third-order valence-electron chi connectivity index (χ3n) is 4.34. The van der Waals surface area contributed by atoms with Crippen LogP contribution in [0.4, 0.5) is 5.13 Å². The minimum absolute atomic E-state index is 0.0362. The highest BCUT2D eigenvalue weighted by atomic mass is 32.2. The quantitative estimate of drug-likeness (QED) is 0.676. The zero-order valence-corrected chi connectivity index (χ0v) is 16.1. The Labute approximate surface area is 159 Å². The van der Waals surface area contributed by atoms with Gasteiger partial charge in [-0.2, -0.15) is 0 Å². The molecule has 7 nitrogen and oxygen atoms in total. The van der Waals surface area contributed by atoms with Crippen molar-refractivity contribution in [3.8, 4) is 0 Å². The Bertz CT molecular complexity index is 874. The number of hydrogen-bond acceptors (Lipinski definition) is 7. The van der Waals surface area contributed by atoms with Crippen LogP contribution in [0.1, 0.15) is 12.8 Å². The topological polar surface area (TPSA) is 75.9 Å². The number of amides is 1. The van der Waals surface area contributed by atoms with Crippen molar-refractivity contribution in [1.29, 1.82) is 0 Å². The van der Waals surface area contributed by atoms with Gasteiger partial charge in [0.05, 0.1) is 16.0 Å². The lowest BCUT2D eigenvalue weighted by atomic mass is 10.1. The van der Waals surface area contributed by atoms with Gasteiger partial charge in [0.1, 0.15) is 6.33 Å². The van der Waals surface area contributed by atoms with Crippen LogP contribution in [0.3, 0.4) is 0 Å². The Morgan fingerprint density at radius 3 is 3.12 bits per heavy atom. The maximum Gasteiger partial charge on any atom is 0.230 e. The van der Waals surface area contributed by atoms with E-state index >= 15 is 0 Å². The van der Waals surface area contributed by atoms with E-state index in [-0.39, 0.29) is 11.9 Å². The van der Waals surface area contributed by atoms with Gasteiger partial charge in [0.15, 0.2) is 10.3 Å². The van der Waals surface area contributed by atoms with Gasteiger partial charge < -0.3 is 14.8 Å². The van der Waals surface area contributed by atoms with E-state index in [0.717, 1.165) is 41.7 Å². The molecule has 1 aromatic carbocycles. The number of aryl methyl sites for hydroxylation is 1. The van der Waals surface area contributed by atoms with Crippen molar-refractivity contribution in [3.05, 3.63) is 30.6 Å². The van der Waals surface area contributed by atoms with Crippen molar-refractivity contribution >= 4 is 44.4 Å². The molecule has 1 aliphatic heterocycles. The maximum atomic E-state index is 12.3. The number of nitrogens with zero attached hydrogens (tertiary/aromatic N) is 5. The molecule has 136 valence electrons. The predicted octanol–water partition coefficient (Wildman–Crippen LogP) is 2.30. The molecule has 3 aromatic rings. The molecule has 0 saturated carbocycles. The van der Waals surface area contributed by atoms with Gasteiger partial charge in [0, 0.05) is 26.2 Å². The van der Waals surface area contributed by atoms with Gasteiger partial charge in [0.25, 0.3) is 0 Å². The van der Waals surface area contributed by atoms with Gasteiger partial charge in [-0.3, -0.25) is 4.79 Å². The number of carbonyl (C=O) groups excluding carboxylic acids is 1. The molecule has 0 unspecified atom stereocenters. The smallest absolute Gasteiger partial charge is 0.230 e. The normalized spacial score (nSPS) is 17.6. The van der Waals surface area contributed by atoms with E-state index in [4.69, 9.17) is 4.98 Å². The maximum absolute atomic E-state index is 12.3. The van der Waals surface area contributed by atoms with Gasteiger partial charge in [-0.05, 0) is 25.0 Å². The van der Waals surface area contributed by atoms with Crippen LogP contribution in [0.2, 0.25) is 0 Å². The van der Waals surface area contributed by atoms with Gasteiger partial charge in [0.2, 0.25) is 5.91 Å². The van der Waals surface area contributed by atoms with E-state index in [1.165, 1.54) is 16.5 Å². The first-order chi connectivity index (χ1) is 12.7. The summed E-state index contributed by atoms with van der Waals surface area (Å²) in [6.07, 6.45) is 3.69. The molecule has 0 aliphatic carbocycles. The molecule has 1 fully saturated rings. The van der Waals surface area contributed by atoms with Gasteiger partial charge in [-0.25, -0.2) is 4.98 Å². The number of hydrogen-bond donors (Lipinski definition) is 1. The highest BCUT2D eigenvalue weighted by Crippen LogP contribution is 2.30. The molecule has 1 aliphatic rings. The zero-order valence-electron chi connectivity index (χ0n) is 14.5. The number of rotatable bonds is 5. The number of nitrogens with one attached hydrogen (secondary N) is 1. The van der Waals surface area contributed by atoms with E-state index in [0.29, 0.717) is 5.75 Å². The molecule has 26 heavy (non-hydrogen) atoms. The summed E-state index contributed by atoms with van der Waals surface area (Å²) in [5.74, 6) is 0.388. The second-order valence-electron chi connectivity index (χ2n) is 6.33. The predicted molar refractivity (Wildman–Crippen MR) is 105 cm³/mol. The Morgan fingerprint density at radius 2 is 2.31 bits per heavy atom. The second kappa shape index (κ2) is 7.63. The number of thioether (sulfide) groups is 1. The molecule has 1 N–H and O–H groups in total. The average Bonchev–Trinajstić information content (AvgIpc) is 3.26. The molecule has 0 radical (unpaired) electrons. The van der Waals surface area contributed by atoms with E-state index in [1.54, 1.807) is 17.7 Å². The molecule has 0 bridgehead atoms. The molecule has 2 aromatic heterocycles. The first-order valence-electron chi connectivity index (χ1n) is 8.56. The van der Waals surface area contributed by atoms with Crippen LogP contribution in [0.5, 0.6) is 0 Å². The summed E-state index contributed by atoms with van der Waals surface area (Å²) < 4.78 is 3.02. The molecule has 1 atom stereocenters. The van der Waals surface area contributed by atoms with Crippen LogP contribution in [0.25, 0.3) is 10.2 Å². The lowest BCUT2D eigenvalue weighted by Gasteiger charge is -2.32. The molecule has 4 rings (SSSR count). The van der Waals surface area contributed by atoms with Crippen LogP contribution < -0.4 is 10.2 Å². The van der Waals surface area contributed by atoms with E-state index < -0.39 is 0 Å². The van der Waals surface area contributed by atoms with Crippen LogP contribution >= 0.6 is 23.1 Å². The Balaban J connectivity index is 1.34. The number of thiazole rings is 1. The molecule has 0 spiro atoms. The van der Waals surface area contributed by atoms with Gasteiger partial charge in [-0.15, -0.1) is 10.2 Å². The number of anilines is 1. The Kier molecular flexibility index (Phi) is 5.07. The van der Waals surface area contributed by atoms with Crippen molar-refractivity contribution in [3.63, 3.8) is 0 Å². The number of para-hydroxylation sites is 1. The largest absolute Gasteiger partial charge is 0.351 e. The van der Waals surface area contributed by atoms with E-state index in [1.807, 2.05) is 29.8 Å². The number of benzene rings is 1. The molecular formula is C17H20N6OS2. The number of piperidine rings is 1. The summed E-state index contributed by atoms with van der Waals surface area (Å²) in [6, 6.07) is 8.35. The second-order valence-corrected chi connectivity index (χ2v) is 8.28. The van der Waals surface area contributed by atoms with Crippen LogP contribution in [-0.2, 0) is 11.8 Å². The summed E-state index contributed by atoms with van der Waals surface area (Å²) in [5.41, 5.74) is 1.04. The minimum Gasteiger partial charge on any atom is -0.351 e. The monoisotopic (exact) mass is 388 g/mol. The SMILES string of the molecule is Cn1cnnc1SCC(=O)N[C@H]1CCCN(c2nc3ccccc3s2)C1. The third kappa shape index (κ3) is 3.83. The third-order valence-corrected chi connectivity index (χ3v) is 6.47. The van der Waals surface area contributed by atoms with Crippen molar-refractivity contribution in [2.75, 3.05) is 23.7 Å². The molecule has 3 heterocycles. The number of aromatic nitrogens is 4. The first-order valence-corrected chi connectivity index (χ1v) is 10.4. The lowest BCUT2D eigenvalue weighted by molar-refractivity contribution is -0.119. The summed E-state index contributed by atoms with van der Waals surface area (Å²) in [6.45, 7) is 1.79. The summed E-state index contributed by atoms with van der Waals surface area (Å²) in [7, 11) is 1.87. The highest BCUT2D eigenvalue weighted by Gasteiger charge is 2.23. The Hall–Kier alpha value is -2.13. The van der Waals surface area contributed by atoms with Crippen molar-refractivity contribution in [2.45, 2.75) is 24.0 Å². The van der Waals surface area contributed by atoms with Gasteiger partial charge >= 0.3 is 0 Å². The first kappa shape index (κ1) is 17.3. The lowest BCUT2D eigenvalue weighted by Crippen LogP contribution is -2.48. The fourth-order valence-corrected chi connectivity index (χ4v) is 4.77. The molecule has 1 amide bonds. The van der Waals surface area contributed by atoms with Crippen molar-refractivity contribution < 1.29 is 4.79 Å². The molecule has 9 heteroatoms. The summed E-state index contributed by atoms with van der Waals surface area (Å²) in [5, 5.41) is 12.8.